The molecule has 6 heteroatoms. The molecule has 0 bridgehead atoms. The van der Waals surface area contributed by atoms with Crippen LogP contribution >= 0.6 is 11.6 Å². The summed E-state index contributed by atoms with van der Waals surface area (Å²) in [5, 5.41) is 7.65. The molecule has 1 aromatic heterocycles. The largest absolute Gasteiger partial charge is 0.376 e. The second-order valence-corrected chi connectivity index (χ2v) is 6.11. The fraction of sp³-hybridized carbons (Fsp3) is 0.692. The third-order valence-corrected chi connectivity index (χ3v) is 4.12. The molecule has 0 spiro atoms. The molecule has 0 aliphatic heterocycles. The molecule has 0 amide bonds. The average molecular weight is 285 g/mol. The predicted molar refractivity (Wildman–Crippen MR) is 77.7 cm³/mol. The smallest absolute Gasteiger partial charge is 0.287 e. The Labute approximate surface area is 118 Å². The van der Waals surface area contributed by atoms with E-state index in [1.807, 2.05) is 13.8 Å². The van der Waals surface area contributed by atoms with Crippen LogP contribution in [-0.2, 0) is 0 Å². The number of nitrogens with one attached hydrogen (secondary N) is 1. The minimum Gasteiger partial charge on any atom is -0.376 e. The SMILES string of the molecule is CC(C)n1ncc(NC(C)(CN)C2CC2)c(Cl)c1=O. The molecule has 0 radical (unpaired) electrons. The Morgan fingerprint density at radius 2 is 2.26 bits per heavy atom. The van der Waals surface area contributed by atoms with Crippen molar-refractivity contribution in [2.45, 2.75) is 45.2 Å². The van der Waals surface area contributed by atoms with Gasteiger partial charge in [-0.3, -0.25) is 4.79 Å². The summed E-state index contributed by atoms with van der Waals surface area (Å²) < 4.78 is 1.38. The van der Waals surface area contributed by atoms with E-state index in [1.54, 1.807) is 6.20 Å². The Morgan fingerprint density at radius 1 is 1.63 bits per heavy atom. The second-order valence-electron chi connectivity index (χ2n) is 5.74. The first kappa shape index (κ1) is 14.3. The lowest BCUT2D eigenvalue weighted by Crippen LogP contribution is -2.45. The fourth-order valence-corrected chi connectivity index (χ4v) is 2.43. The topological polar surface area (TPSA) is 72.9 Å². The normalized spacial score (nSPS) is 18.4. The van der Waals surface area contributed by atoms with Crippen molar-refractivity contribution in [3.63, 3.8) is 0 Å². The van der Waals surface area contributed by atoms with Gasteiger partial charge in [-0.05, 0) is 39.5 Å². The molecule has 1 fully saturated rings. The van der Waals surface area contributed by atoms with E-state index in [1.165, 1.54) is 4.68 Å². The van der Waals surface area contributed by atoms with Crippen molar-refractivity contribution in [1.82, 2.24) is 9.78 Å². The van der Waals surface area contributed by atoms with Gasteiger partial charge < -0.3 is 11.1 Å². The summed E-state index contributed by atoms with van der Waals surface area (Å²) in [5.41, 5.74) is 5.94. The first-order chi connectivity index (χ1) is 8.89. The Hall–Kier alpha value is -1.07. The summed E-state index contributed by atoms with van der Waals surface area (Å²) in [6.07, 6.45) is 3.93. The van der Waals surface area contributed by atoms with Crippen molar-refractivity contribution in [3.05, 3.63) is 21.6 Å². The molecule has 5 nitrogen and oxygen atoms in total. The van der Waals surface area contributed by atoms with Crippen LogP contribution in [0, 0.1) is 5.92 Å². The lowest BCUT2D eigenvalue weighted by atomic mass is 9.96. The summed E-state index contributed by atoms with van der Waals surface area (Å²) in [5.74, 6) is 0.543. The van der Waals surface area contributed by atoms with Gasteiger partial charge in [0.25, 0.3) is 5.56 Å². The zero-order valence-electron chi connectivity index (χ0n) is 11.6. The highest BCUT2D eigenvalue weighted by atomic mass is 35.5. The van der Waals surface area contributed by atoms with Crippen LogP contribution in [0.5, 0.6) is 0 Å². The van der Waals surface area contributed by atoms with Crippen LogP contribution < -0.4 is 16.6 Å². The number of nitrogens with two attached hydrogens (primary N) is 1. The van der Waals surface area contributed by atoms with Gasteiger partial charge in [-0.1, -0.05) is 11.6 Å². The molecule has 1 aliphatic rings. The van der Waals surface area contributed by atoms with Crippen molar-refractivity contribution in [2.24, 2.45) is 11.7 Å². The van der Waals surface area contributed by atoms with Crippen molar-refractivity contribution in [1.29, 1.82) is 0 Å². The number of hydrogen-bond donors (Lipinski definition) is 2. The lowest BCUT2D eigenvalue weighted by Gasteiger charge is -2.31. The molecule has 1 aromatic rings. The Bertz CT molecular complexity index is 524. The zero-order chi connectivity index (χ0) is 14.2. The number of hydrogen-bond acceptors (Lipinski definition) is 4. The van der Waals surface area contributed by atoms with Gasteiger partial charge in [-0.2, -0.15) is 5.10 Å². The highest BCUT2D eigenvalue weighted by Crippen LogP contribution is 2.41. The van der Waals surface area contributed by atoms with Gasteiger partial charge in [0.15, 0.2) is 0 Å². The van der Waals surface area contributed by atoms with E-state index in [0.717, 1.165) is 12.8 Å². The van der Waals surface area contributed by atoms with Gasteiger partial charge in [-0.15, -0.1) is 0 Å². The van der Waals surface area contributed by atoms with Crippen LogP contribution in [0.15, 0.2) is 11.0 Å². The molecule has 1 atom stereocenters. The van der Waals surface area contributed by atoms with Crippen LogP contribution in [0.2, 0.25) is 5.02 Å². The van der Waals surface area contributed by atoms with Crippen LogP contribution in [0.4, 0.5) is 5.69 Å². The fourth-order valence-electron chi connectivity index (χ4n) is 2.25. The van der Waals surface area contributed by atoms with Crippen molar-refractivity contribution < 1.29 is 0 Å². The standard InChI is InChI=1S/C13H21ClN4O/c1-8(2)18-12(19)11(14)10(6-16-18)17-13(3,7-15)9-4-5-9/h6,8-9,17H,4-5,7,15H2,1-3H3. The van der Waals surface area contributed by atoms with Crippen LogP contribution in [0.25, 0.3) is 0 Å². The molecule has 1 saturated carbocycles. The molecule has 1 heterocycles. The molecule has 106 valence electrons. The number of anilines is 1. The van der Waals surface area contributed by atoms with E-state index >= 15 is 0 Å². The van der Waals surface area contributed by atoms with Gasteiger partial charge in [0.1, 0.15) is 5.02 Å². The lowest BCUT2D eigenvalue weighted by molar-refractivity contribution is 0.457. The molecule has 2 rings (SSSR count). The van der Waals surface area contributed by atoms with Crippen molar-refractivity contribution in [2.75, 3.05) is 11.9 Å². The minimum atomic E-state index is -0.267. The third kappa shape index (κ3) is 2.77. The third-order valence-electron chi connectivity index (χ3n) is 3.76. The number of aromatic nitrogens is 2. The molecular weight excluding hydrogens is 264 g/mol. The van der Waals surface area contributed by atoms with Crippen molar-refractivity contribution >= 4 is 17.3 Å². The maximum Gasteiger partial charge on any atom is 0.287 e. The van der Waals surface area contributed by atoms with E-state index in [4.69, 9.17) is 17.3 Å². The van der Waals surface area contributed by atoms with Crippen molar-refractivity contribution in [3.8, 4) is 0 Å². The Kier molecular flexibility index (Phi) is 3.87. The van der Waals surface area contributed by atoms with Gasteiger partial charge in [0, 0.05) is 12.1 Å². The summed E-state index contributed by atoms with van der Waals surface area (Å²) >= 11 is 6.15. The highest BCUT2D eigenvalue weighted by molar-refractivity contribution is 6.32. The van der Waals surface area contributed by atoms with Gasteiger partial charge in [0.05, 0.1) is 17.9 Å². The first-order valence-electron chi connectivity index (χ1n) is 6.64. The monoisotopic (exact) mass is 284 g/mol. The van der Waals surface area contributed by atoms with E-state index in [9.17, 15) is 4.79 Å². The summed E-state index contributed by atoms with van der Waals surface area (Å²) in [6, 6.07) is -0.0108. The Morgan fingerprint density at radius 3 is 2.74 bits per heavy atom. The van der Waals surface area contributed by atoms with E-state index in [-0.39, 0.29) is 22.2 Å². The molecule has 0 saturated heterocycles. The van der Waals surface area contributed by atoms with Gasteiger partial charge >= 0.3 is 0 Å². The van der Waals surface area contributed by atoms with Gasteiger partial charge in [0.2, 0.25) is 0 Å². The second kappa shape index (κ2) is 5.13. The maximum atomic E-state index is 12.1. The molecule has 3 N–H and O–H groups in total. The van der Waals surface area contributed by atoms with Crippen LogP contribution in [0.1, 0.15) is 39.7 Å². The molecule has 1 aliphatic carbocycles. The summed E-state index contributed by atoms with van der Waals surface area (Å²) in [6.45, 7) is 6.36. The zero-order valence-corrected chi connectivity index (χ0v) is 12.4. The van der Waals surface area contributed by atoms with Crippen LogP contribution in [-0.4, -0.2) is 21.9 Å². The summed E-state index contributed by atoms with van der Waals surface area (Å²) in [4.78, 5) is 12.1. The maximum absolute atomic E-state index is 12.1. The number of rotatable bonds is 5. The number of nitrogens with zero attached hydrogens (tertiary/aromatic N) is 2. The minimum absolute atomic E-state index is 0.0108. The number of halogens is 1. The quantitative estimate of drug-likeness (QED) is 0.868. The van der Waals surface area contributed by atoms with E-state index < -0.39 is 0 Å². The highest BCUT2D eigenvalue weighted by Gasteiger charge is 2.41. The molecule has 19 heavy (non-hydrogen) atoms. The van der Waals surface area contributed by atoms with Crippen LogP contribution in [0.3, 0.4) is 0 Å². The molecule has 1 unspecified atom stereocenters. The first-order valence-corrected chi connectivity index (χ1v) is 7.02. The average Bonchev–Trinajstić information content (AvgIpc) is 3.19. The summed E-state index contributed by atoms with van der Waals surface area (Å²) in [7, 11) is 0. The molecule has 0 aromatic carbocycles. The van der Waals surface area contributed by atoms with E-state index in [0.29, 0.717) is 18.2 Å². The molecular formula is C13H21ClN4O. The van der Waals surface area contributed by atoms with Gasteiger partial charge in [-0.25, -0.2) is 4.68 Å². The van der Waals surface area contributed by atoms with E-state index in [2.05, 4.69) is 17.3 Å². The Balaban J connectivity index is 2.31. The predicted octanol–water partition coefficient (Wildman–Crippen LogP) is 2.02.